The highest BCUT2D eigenvalue weighted by molar-refractivity contribution is 5.84. The van der Waals surface area contributed by atoms with Crippen LogP contribution in [0.25, 0.3) is 0 Å². The van der Waals surface area contributed by atoms with Crippen molar-refractivity contribution in [2.75, 3.05) is 13.6 Å². The molecule has 2 atom stereocenters. The summed E-state index contributed by atoms with van der Waals surface area (Å²) in [6.45, 7) is 4.17. The molecule has 0 spiro atoms. The average Bonchev–Trinajstić information content (AvgIpc) is 2.72. The fourth-order valence-electron chi connectivity index (χ4n) is 2.65. The molecule has 0 radical (unpaired) electrons. The number of fused-ring (bicyclic) bond motifs is 1. The monoisotopic (exact) mass is 275 g/mol. The molecule has 1 aromatic carbocycles. The molecular weight excluding hydrogens is 254 g/mol. The lowest BCUT2D eigenvalue weighted by Gasteiger charge is -2.19. The summed E-state index contributed by atoms with van der Waals surface area (Å²) in [5.41, 5.74) is 3.69. The van der Waals surface area contributed by atoms with E-state index in [-0.39, 0.29) is 24.5 Å². The van der Waals surface area contributed by atoms with Crippen molar-refractivity contribution in [3.8, 4) is 0 Å². The van der Waals surface area contributed by atoms with Crippen LogP contribution in [0.1, 0.15) is 29.7 Å². The highest BCUT2D eigenvalue weighted by Gasteiger charge is 2.30. The SMILES string of the molecule is CNC(=O)NCC(=O)N[C@H]1c2cc(C)ccc2C[C@@H]1C. The lowest BCUT2D eigenvalue weighted by atomic mass is 10.0. The molecule has 3 N–H and O–H groups in total. The minimum absolute atomic E-state index is 0.00988. The van der Waals surface area contributed by atoms with E-state index in [1.807, 2.05) is 0 Å². The number of rotatable bonds is 3. The third-order valence-corrected chi connectivity index (χ3v) is 3.70. The van der Waals surface area contributed by atoms with Gasteiger partial charge in [0.05, 0.1) is 12.6 Å². The number of benzene rings is 1. The van der Waals surface area contributed by atoms with E-state index >= 15 is 0 Å². The van der Waals surface area contributed by atoms with Crippen LogP contribution in [-0.2, 0) is 11.2 Å². The maximum atomic E-state index is 11.9. The van der Waals surface area contributed by atoms with Gasteiger partial charge in [-0.05, 0) is 30.4 Å². The number of nitrogens with one attached hydrogen (secondary N) is 3. The Bertz CT molecular complexity index is 528. The van der Waals surface area contributed by atoms with Crippen molar-refractivity contribution in [3.63, 3.8) is 0 Å². The van der Waals surface area contributed by atoms with E-state index in [0.717, 1.165) is 6.42 Å². The van der Waals surface area contributed by atoms with E-state index < -0.39 is 0 Å². The first-order chi connectivity index (χ1) is 9.51. The minimum atomic E-state index is -0.351. The van der Waals surface area contributed by atoms with E-state index in [1.54, 1.807) is 0 Å². The van der Waals surface area contributed by atoms with Crippen molar-refractivity contribution in [2.24, 2.45) is 5.92 Å². The van der Waals surface area contributed by atoms with Crippen LogP contribution in [0.15, 0.2) is 18.2 Å². The van der Waals surface area contributed by atoms with Crippen molar-refractivity contribution >= 4 is 11.9 Å². The Morgan fingerprint density at radius 2 is 2.10 bits per heavy atom. The fraction of sp³-hybridized carbons (Fsp3) is 0.467. The van der Waals surface area contributed by atoms with Crippen molar-refractivity contribution in [1.29, 1.82) is 0 Å². The topological polar surface area (TPSA) is 70.2 Å². The zero-order valence-corrected chi connectivity index (χ0v) is 12.1. The second-order valence-electron chi connectivity index (χ2n) is 5.36. The van der Waals surface area contributed by atoms with E-state index in [2.05, 4.69) is 48.0 Å². The summed E-state index contributed by atoms with van der Waals surface area (Å²) in [5, 5.41) is 7.92. The second-order valence-corrected chi connectivity index (χ2v) is 5.36. The molecule has 108 valence electrons. The van der Waals surface area contributed by atoms with E-state index in [1.165, 1.54) is 23.7 Å². The third-order valence-electron chi connectivity index (χ3n) is 3.70. The Labute approximate surface area is 119 Å². The molecule has 0 unspecified atom stereocenters. The first-order valence-corrected chi connectivity index (χ1v) is 6.85. The molecule has 1 aromatic rings. The Hall–Kier alpha value is -2.04. The Balaban J connectivity index is 2.01. The zero-order valence-electron chi connectivity index (χ0n) is 12.1. The number of hydrogen-bond acceptors (Lipinski definition) is 2. The maximum absolute atomic E-state index is 11.9. The number of aryl methyl sites for hydroxylation is 1. The normalized spacial score (nSPS) is 20.1. The van der Waals surface area contributed by atoms with E-state index in [4.69, 9.17) is 0 Å². The summed E-state index contributed by atoms with van der Waals surface area (Å²) in [7, 11) is 1.52. The van der Waals surface area contributed by atoms with Gasteiger partial charge in [-0.3, -0.25) is 4.79 Å². The Kier molecular flexibility index (Phi) is 4.27. The standard InChI is InChI=1S/C15H21N3O2/c1-9-4-5-11-7-10(2)14(12(11)6-9)18-13(19)8-17-15(20)16-3/h4-6,10,14H,7-8H2,1-3H3,(H,18,19)(H2,16,17,20)/t10-,14+/m0/s1. The predicted octanol–water partition coefficient (Wildman–Crippen LogP) is 1.27. The highest BCUT2D eigenvalue weighted by Crippen LogP contribution is 2.36. The molecule has 0 aliphatic heterocycles. The molecule has 1 aliphatic rings. The number of hydrogen-bond donors (Lipinski definition) is 3. The molecule has 0 aromatic heterocycles. The number of carbonyl (C=O) groups excluding carboxylic acids is 2. The van der Waals surface area contributed by atoms with Crippen LogP contribution in [0, 0.1) is 12.8 Å². The summed E-state index contributed by atoms with van der Waals surface area (Å²) >= 11 is 0. The average molecular weight is 275 g/mol. The van der Waals surface area contributed by atoms with Gasteiger partial charge in [0.15, 0.2) is 0 Å². The van der Waals surface area contributed by atoms with Crippen LogP contribution >= 0.6 is 0 Å². The van der Waals surface area contributed by atoms with Crippen LogP contribution in [0.5, 0.6) is 0 Å². The van der Waals surface area contributed by atoms with Crippen molar-refractivity contribution < 1.29 is 9.59 Å². The van der Waals surface area contributed by atoms with Gasteiger partial charge in [-0.1, -0.05) is 30.7 Å². The molecule has 0 fully saturated rings. The molecule has 5 nitrogen and oxygen atoms in total. The van der Waals surface area contributed by atoms with Gasteiger partial charge in [-0.15, -0.1) is 0 Å². The van der Waals surface area contributed by atoms with Crippen LogP contribution in [0.2, 0.25) is 0 Å². The van der Waals surface area contributed by atoms with Crippen LogP contribution < -0.4 is 16.0 Å². The van der Waals surface area contributed by atoms with Crippen molar-refractivity contribution in [1.82, 2.24) is 16.0 Å². The molecule has 1 aliphatic carbocycles. The van der Waals surface area contributed by atoms with Crippen LogP contribution in [0.4, 0.5) is 4.79 Å². The van der Waals surface area contributed by atoms with Gasteiger partial charge in [0.25, 0.3) is 0 Å². The lowest BCUT2D eigenvalue weighted by molar-refractivity contribution is -0.121. The summed E-state index contributed by atoms with van der Waals surface area (Å²) in [6, 6.07) is 6.05. The molecule has 2 rings (SSSR count). The lowest BCUT2D eigenvalue weighted by Crippen LogP contribution is -2.42. The quantitative estimate of drug-likeness (QED) is 0.777. The van der Waals surface area contributed by atoms with Gasteiger partial charge in [0.1, 0.15) is 0 Å². The molecule has 0 saturated heterocycles. The predicted molar refractivity (Wildman–Crippen MR) is 77.4 cm³/mol. The summed E-state index contributed by atoms with van der Waals surface area (Å²) in [6.07, 6.45) is 0.976. The number of carbonyl (C=O) groups is 2. The van der Waals surface area contributed by atoms with Gasteiger partial charge in [0, 0.05) is 7.05 Å². The fourth-order valence-corrected chi connectivity index (χ4v) is 2.65. The highest BCUT2D eigenvalue weighted by atomic mass is 16.2. The van der Waals surface area contributed by atoms with Gasteiger partial charge >= 0.3 is 6.03 Å². The van der Waals surface area contributed by atoms with Crippen molar-refractivity contribution in [3.05, 3.63) is 34.9 Å². The second kappa shape index (κ2) is 5.94. The van der Waals surface area contributed by atoms with Gasteiger partial charge < -0.3 is 16.0 Å². The number of urea groups is 1. The molecular formula is C15H21N3O2. The van der Waals surface area contributed by atoms with Crippen LogP contribution in [0.3, 0.4) is 0 Å². The molecule has 0 saturated carbocycles. The molecule has 0 heterocycles. The van der Waals surface area contributed by atoms with Crippen molar-refractivity contribution in [2.45, 2.75) is 26.3 Å². The maximum Gasteiger partial charge on any atom is 0.314 e. The zero-order chi connectivity index (χ0) is 14.7. The first kappa shape index (κ1) is 14.4. The minimum Gasteiger partial charge on any atom is -0.347 e. The van der Waals surface area contributed by atoms with Gasteiger partial charge in [-0.2, -0.15) is 0 Å². The number of amides is 3. The summed E-state index contributed by atoms with van der Waals surface area (Å²) in [5.74, 6) is 0.204. The Morgan fingerprint density at radius 3 is 2.80 bits per heavy atom. The van der Waals surface area contributed by atoms with E-state index in [0.29, 0.717) is 5.92 Å². The van der Waals surface area contributed by atoms with Crippen LogP contribution in [-0.4, -0.2) is 25.5 Å². The largest absolute Gasteiger partial charge is 0.347 e. The molecule has 3 amide bonds. The molecule has 5 heteroatoms. The van der Waals surface area contributed by atoms with Gasteiger partial charge in [0.2, 0.25) is 5.91 Å². The molecule has 0 bridgehead atoms. The first-order valence-electron chi connectivity index (χ1n) is 6.85. The summed E-state index contributed by atoms with van der Waals surface area (Å²) in [4.78, 5) is 23.0. The Morgan fingerprint density at radius 1 is 1.35 bits per heavy atom. The van der Waals surface area contributed by atoms with Gasteiger partial charge in [-0.25, -0.2) is 4.79 Å². The molecule has 20 heavy (non-hydrogen) atoms. The summed E-state index contributed by atoms with van der Waals surface area (Å²) < 4.78 is 0. The van der Waals surface area contributed by atoms with E-state index in [9.17, 15) is 9.59 Å². The smallest absolute Gasteiger partial charge is 0.314 e. The third kappa shape index (κ3) is 3.10.